The molecule has 0 saturated carbocycles. The molecule has 0 aliphatic heterocycles. The Labute approximate surface area is 74.2 Å². The SMILES string of the molecule is C#CC#CCC(OCC)OCC. The summed E-state index contributed by atoms with van der Waals surface area (Å²) in [7, 11) is 0. The standard InChI is InChI=1S/C10H14O2/c1-4-7-8-9-10(11-5-2)12-6-3/h1,10H,5-6,9H2,2-3H3. The lowest BCUT2D eigenvalue weighted by atomic mass is 10.4. The molecule has 0 saturated heterocycles. The molecule has 0 heterocycles. The molecule has 0 aromatic rings. The zero-order chi connectivity index (χ0) is 9.23. The summed E-state index contributed by atoms with van der Waals surface area (Å²) in [6.07, 6.45) is 5.26. The molecule has 0 aromatic heterocycles. The molecule has 0 unspecified atom stereocenters. The minimum atomic E-state index is -0.235. The molecule has 2 nitrogen and oxygen atoms in total. The fraction of sp³-hybridized carbons (Fsp3) is 0.600. The topological polar surface area (TPSA) is 18.5 Å². The molecular weight excluding hydrogens is 152 g/mol. The number of terminal acetylenes is 1. The van der Waals surface area contributed by atoms with Gasteiger partial charge < -0.3 is 9.47 Å². The molecule has 66 valence electrons. The van der Waals surface area contributed by atoms with Crippen molar-refractivity contribution in [2.24, 2.45) is 0 Å². The first kappa shape index (κ1) is 11.0. The van der Waals surface area contributed by atoms with E-state index in [0.29, 0.717) is 19.6 Å². The van der Waals surface area contributed by atoms with Gasteiger partial charge in [0.05, 0.1) is 6.42 Å². The Bertz CT molecular complexity index is 186. The molecule has 0 aliphatic carbocycles. The van der Waals surface area contributed by atoms with Gasteiger partial charge in [-0.2, -0.15) is 0 Å². The fourth-order valence-corrected chi connectivity index (χ4v) is 0.723. The molecule has 0 amide bonds. The van der Waals surface area contributed by atoms with Gasteiger partial charge in [0.1, 0.15) is 0 Å². The van der Waals surface area contributed by atoms with Crippen LogP contribution < -0.4 is 0 Å². The van der Waals surface area contributed by atoms with Gasteiger partial charge in [-0.15, -0.1) is 6.42 Å². The first-order valence-electron chi connectivity index (χ1n) is 4.01. The fourth-order valence-electron chi connectivity index (χ4n) is 0.723. The third-order valence-corrected chi connectivity index (χ3v) is 1.13. The maximum Gasteiger partial charge on any atom is 0.168 e. The Morgan fingerprint density at radius 3 is 2.25 bits per heavy atom. The summed E-state index contributed by atoms with van der Waals surface area (Å²) < 4.78 is 10.5. The number of ether oxygens (including phenoxy) is 2. The van der Waals surface area contributed by atoms with Crippen molar-refractivity contribution in [2.75, 3.05) is 13.2 Å². The summed E-state index contributed by atoms with van der Waals surface area (Å²) >= 11 is 0. The zero-order valence-electron chi connectivity index (χ0n) is 7.59. The van der Waals surface area contributed by atoms with E-state index in [1.165, 1.54) is 0 Å². The molecule has 0 bridgehead atoms. The van der Waals surface area contributed by atoms with Crippen molar-refractivity contribution in [2.45, 2.75) is 26.6 Å². The van der Waals surface area contributed by atoms with Crippen molar-refractivity contribution in [3.8, 4) is 24.2 Å². The second-order valence-electron chi connectivity index (χ2n) is 1.99. The maximum absolute atomic E-state index is 5.24. The average Bonchev–Trinajstić information content (AvgIpc) is 2.06. The van der Waals surface area contributed by atoms with Crippen LogP contribution in [0.1, 0.15) is 20.3 Å². The molecule has 0 rings (SSSR count). The zero-order valence-corrected chi connectivity index (χ0v) is 7.59. The molecule has 0 N–H and O–H groups in total. The van der Waals surface area contributed by atoms with Crippen LogP contribution >= 0.6 is 0 Å². The highest BCUT2D eigenvalue weighted by Crippen LogP contribution is 1.98. The third-order valence-electron chi connectivity index (χ3n) is 1.13. The van der Waals surface area contributed by atoms with Gasteiger partial charge in [0.25, 0.3) is 0 Å². The summed E-state index contributed by atoms with van der Waals surface area (Å²) in [4.78, 5) is 0. The van der Waals surface area contributed by atoms with Gasteiger partial charge in [-0.05, 0) is 25.7 Å². The summed E-state index contributed by atoms with van der Waals surface area (Å²) in [5.74, 6) is 7.52. The van der Waals surface area contributed by atoms with Crippen molar-refractivity contribution in [3.63, 3.8) is 0 Å². The van der Waals surface area contributed by atoms with Crippen LogP contribution in [0.15, 0.2) is 0 Å². The monoisotopic (exact) mass is 166 g/mol. The first-order chi connectivity index (χ1) is 5.85. The molecule has 0 aromatic carbocycles. The van der Waals surface area contributed by atoms with Crippen molar-refractivity contribution >= 4 is 0 Å². The van der Waals surface area contributed by atoms with Gasteiger partial charge in [0, 0.05) is 13.2 Å². The van der Waals surface area contributed by atoms with Crippen LogP contribution in [0.3, 0.4) is 0 Å². The van der Waals surface area contributed by atoms with Crippen LogP contribution in [0.5, 0.6) is 0 Å². The number of hydrogen-bond acceptors (Lipinski definition) is 2. The van der Waals surface area contributed by atoms with Crippen LogP contribution in [0.4, 0.5) is 0 Å². The third kappa shape index (κ3) is 5.80. The highest BCUT2D eigenvalue weighted by atomic mass is 16.7. The molecular formula is C10H14O2. The van der Waals surface area contributed by atoms with Crippen molar-refractivity contribution in [3.05, 3.63) is 0 Å². The molecule has 0 fully saturated rings. The van der Waals surface area contributed by atoms with E-state index in [-0.39, 0.29) is 6.29 Å². The van der Waals surface area contributed by atoms with Gasteiger partial charge >= 0.3 is 0 Å². The predicted molar refractivity (Wildman–Crippen MR) is 48.3 cm³/mol. The summed E-state index contributed by atoms with van der Waals surface area (Å²) in [5, 5.41) is 0. The highest BCUT2D eigenvalue weighted by Gasteiger charge is 2.03. The van der Waals surface area contributed by atoms with Crippen LogP contribution in [0, 0.1) is 24.2 Å². The second kappa shape index (κ2) is 8.14. The molecule has 12 heavy (non-hydrogen) atoms. The number of rotatable bonds is 5. The average molecular weight is 166 g/mol. The van der Waals surface area contributed by atoms with Gasteiger partial charge in [0.2, 0.25) is 0 Å². The predicted octanol–water partition coefficient (Wildman–Crippen LogP) is 1.41. The van der Waals surface area contributed by atoms with E-state index in [4.69, 9.17) is 15.9 Å². The largest absolute Gasteiger partial charge is 0.352 e. The summed E-state index contributed by atoms with van der Waals surface area (Å²) in [5.41, 5.74) is 0. The van der Waals surface area contributed by atoms with E-state index in [0.717, 1.165) is 0 Å². The Balaban J connectivity index is 3.71. The van der Waals surface area contributed by atoms with Crippen molar-refractivity contribution in [1.29, 1.82) is 0 Å². The second-order valence-corrected chi connectivity index (χ2v) is 1.99. The highest BCUT2D eigenvalue weighted by molar-refractivity contribution is 5.21. The van der Waals surface area contributed by atoms with Crippen molar-refractivity contribution in [1.82, 2.24) is 0 Å². The minimum absolute atomic E-state index is 0.235. The lowest BCUT2D eigenvalue weighted by Gasteiger charge is -2.13. The molecule has 0 atom stereocenters. The van der Waals surface area contributed by atoms with E-state index in [1.54, 1.807) is 0 Å². The Kier molecular flexibility index (Phi) is 7.49. The molecule has 2 heteroatoms. The Morgan fingerprint density at radius 2 is 1.83 bits per heavy atom. The molecule has 0 spiro atoms. The summed E-state index contributed by atoms with van der Waals surface area (Å²) in [6.45, 7) is 5.09. The summed E-state index contributed by atoms with van der Waals surface area (Å²) in [6, 6.07) is 0. The quantitative estimate of drug-likeness (QED) is 0.454. The van der Waals surface area contributed by atoms with E-state index in [9.17, 15) is 0 Å². The van der Waals surface area contributed by atoms with E-state index >= 15 is 0 Å². The van der Waals surface area contributed by atoms with Gasteiger partial charge in [-0.25, -0.2) is 0 Å². The van der Waals surface area contributed by atoms with Crippen LogP contribution in [-0.4, -0.2) is 19.5 Å². The Hall–Kier alpha value is -0.960. The lowest BCUT2D eigenvalue weighted by Crippen LogP contribution is -2.16. The normalized spacial score (nSPS) is 8.83. The van der Waals surface area contributed by atoms with Crippen LogP contribution in [-0.2, 0) is 9.47 Å². The maximum atomic E-state index is 5.24. The Morgan fingerprint density at radius 1 is 1.25 bits per heavy atom. The molecule has 0 radical (unpaired) electrons. The van der Waals surface area contributed by atoms with E-state index in [2.05, 4.69) is 17.8 Å². The molecule has 0 aliphatic rings. The first-order valence-corrected chi connectivity index (χ1v) is 4.01. The van der Waals surface area contributed by atoms with Gasteiger partial charge in [-0.1, -0.05) is 5.92 Å². The van der Waals surface area contributed by atoms with Gasteiger partial charge in [-0.3, -0.25) is 0 Å². The van der Waals surface area contributed by atoms with Crippen LogP contribution in [0.25, 0.3) is 0 Å². The lowest BCUT2D eigenvalue weighted by molar-refractivity contribution is -0.131. The van der Waals surface area contributed by atoms with Gasteiger partial charge in [0.15, 0.2) is 6.29 Å². The number of hydrogen-bond donors (Lipinski definition) is 0. The smallest absolute Gasteiger partial charge is 0.168 e. The van der Waals surface area contributed by atoms with Crippen molar-refractivity contribution < 1.29 is 9.47 Å². The van der Waals surface area contributed by atoms with E-state index in [1.807, 2.05) is 13.8 Å². The minimum Gasteiger partial charge on any atom is -0.352 e. The van der Waals surface area contributed by atoms with E-state index < -0.39 is 0 Å². The van der Waals surface area contributed by atoms with Crippen LogP contribution in [0.2, 0.25) is 0 Å².